The molecule has 2 aromatic rings. The number of anilines is 2. The van der Waals surface area contributed by atoms with Crippen LogP contribution in [0.1, 0.15) is 16.7 Å². The molecule has 21 heavy (non-hydrogen) atoms. The summed E-state index contributed by atoms with van der Waals surface area (Å²) < 4.78 is 37.4. The Labute approximate surface area is 125 Å². The summed E-state index contributed by atoms with van der Waals surface area (Å²) >= 11 is 4.92. The molecule has 0 bridgehead atoms. The van der Waals surface area contributed by atoms with Crippen LogP contribution in [0, 0.1) is 6.92 Å². The molecule has 2 rings (SSSR count). The molecule has 0 atom stereocenters. The van der Waals surface area contributed by atoms with Crippen LogP contribution in [0.4, 0.5) is 24.5 Å². The van der Waals surface area contributed by atoms with Gasteiger partial charge in [0, 0.05) is 16.9 Å². The minimum atomic E-state index is -4.33. The molecule has 2 aromatic carbocycles. The van der Waals surface area contributed by atoms with Crippen LogP contribution in [0.2, 0.25) is 0 Å². The Morgan fingerprint density at radius 1 is 1.05 bits per heavy atom. The Kier molecular flexibility index (Phi) is 4.18. The Balaban J connectivity index is 2.19. The number of benzene rings is 2. The van der Waals surface area contributed by atoms with Gasteiger partial charge >= 0.3 is 6.18 Å². The number of hydrogen-bond donors (Lipinski definition) is 2. The summed E-state index contributed by atoms with van der Waals surface area (Å²) in [6, 6.07) is 10.3. The van der Waals surface area contributed by atoms with E-state index in [1.165, 1.54) is 12.1 Å². The molecule has 0 amide bonds. The van der Waals surface area contributed by atoms with Crippen LogP contribution in [0.3, 0.4) is 0 Å². The second-order valence-electron chi connectivity index (χ2n) is 4.59. The highest BCUT2D eigenvalue weighted by Gasteiger charge is 2.29. The largest absolute Gasteiger partial charge is 0.416 e. The van der Waals surface area contributed by atoms with E-state index in [2.05, 4.69) is 5.32 Å². The fraction of sp³-hybridized carbons (Fsp3) is 0.133. The molecule has 0 aliphatic rings. The van der Waals surface area contributed by atoms with Crippen molar-refractivity contribution in [3.05, 3.63) is 59.2 Å². The minimum absolute atomic E-state index is 0.314. The van der Waals surface area contributed by atoms with E-state index in [1.807, 2.05) is 13.0 Å². The number of alkyl halides is 3. The van der Waals surface area contributed by atoms with Gasteiger partial charge in [-0.1, -0.05) is 12.2 Å². The van der Waals surface area contributed by atoms with Crippen LogP contribution in [0.15, 0.2) is 42.5 Å². The quantitative estimate of drug-likeness (QED) is 0.826. The van der Waals surface area contributed by atoms with Crippen molar-refractivity contribution < 1.29 is 13.2 Å². The maximum absolute atomic E-state index is 12.5. The monoisotopic (exact) mass is 310 g/mol. The highest BCUT2D eigenvalue weighted by molar-refractivity contribution is 7.80. The molecule has 110 valence electrons. The number of nitrogens with one attached hydrogen (secondary N) is 1. The molecular weight excluding hydrogens is 297 g/mol. The second-order valence-corrected chi connectivity index (χ2v) is 5.03. The van der Waals surface area contributed by atoms with Gasteiger partial charge in [0.05, 0.1) is 5.56 Å². The fourth-order valence-electron chi connectivity index (χ4n) is 1.93. The summed E-state index contributed by atoms with van der Waals surface area (Å²) in [6.45, 7) is 1.87. The molecule has 0 heterocycles. The first-order valence-corrected chi connectivity index (χ1v) is 6.53. The summed E-state index contributed by atoms with van der Waals surface area (Å²) in [4.78, 5) is 0.314. The molecule has 2 nitrogen and oxygen atoms in total. The summed E-state index contributed by atoms with van der Waals surface area (Å²) in [5, 5.41) is 3.04. The van der Waals surface area contributed by atoms with E-state index in [-0.39, 0.29) is 0 Å². The van der Waals surface area contributed by atoms with E-state index in [0.717, 1.165) is 28.9 Å². The average Bonchev–Trinajstić information content (AvgIpc) is 2.38. The second kappa shape index (κ2) is 5.73. The molecule has 0 unspecified atom stereocenters. The molecule has 0 saturated heterocycles. The Hall–Kier alpha value is -2.08. The van der Waals surface area contributed by atoms with E-state index >= 15 is 0 Å². The Bertz CT molecular complexity index is 664. The van der Waals surface area contributed by atoms with Gasteiger partial charge in [-0.15, -0.1) is 0 Å². The van der Waals surface area contributed by atoms with Crippen LogP contribution >= 0.6 is 12.2 Å². The van der Waals surface area contributed by atoms with Gasteiger partial charge in [0.25, 0.3) is 0 Å². The number of hydrogen-bond acceptors (Lipinski definition) is 2. The Morgan fingerprint density at radius 2 is 1.62 bits per heavy atom. The fourth-order valence-corrected chi connectivity index (χ4v) is 2.16. The van der Waals surface area contributed by atoms with E-state index in [9.17, 15) is 13.2 Å². The lowest BCUT2D eigenvalue weighted by Crippen LogP contribution is -2.11. The van der Waals surface area contributed by atoms with Crippen molar-refractivity contribution in [3.63, 3.8) is 0 Å². The summed E-state index contributed by atoms with van der Waals surface area (Å²) in [5.41, 5.74) is 7.92. The van der Waals surface area contributed by atoms with Crippen LogP contribution in [0.5, 0.6) is 0 Å². The Morgan fingerprint density at radius 3 is 2.10 bits per heavy atom. The molecule has 0 saturated carbocycles. The average molecular weight is 310 g/mol. The third-order valence-corrected chi connectivity index (χ3v) is 3.21. The highest BCUT2D eigenvalue weighted by atomic mass is 32.1. The predicted molar refractivity (Wildman–Crippen MR) is 81.8 cm³/mol. The molecule has 0 fully saturated rings. The van der Waals surface area contributed by atoms with Crippen molar-refractivity contribution in [2.75, 3.05) is 5.32 Å². The molecule has 3 N–H and O–H groups in total. The zero-order valence-corrected chi connectivity index (χ0v) is 12.0. The molecule has 0 spiro atoms. The van der Waals surface area contributed by atoms with Crippen molar-refractivity contribution in [3.8, 4) is 0 Å². The normalized spacial score (nSPS) is 11.2. The zero-order chi connectivity index (χ0) is 15.6. The third kappa shape index (κ3) is 3.72. The van der Waals surface area contributed by atoms with Gasteiger partial charge in [0.15, 0.2) is 0 Å². The lowest BCUT2D eigenvalue weighted by Gasteiger charge is -2.11. The van der Waals surface area contributed by atoms with Gasteiger partial charge in [0.1, 0.15) is 4.99 Å². The number of nitrogens with two attached hydrogens (primary N) is 1. The van der Waals surface area contributed by atoms with Crippen molar-refractivity contribution >= 4 is 28.6 Å². The van der Waals surface area contributed by atoms with Gasteiger partial charge < -0.3 is 11.1 Å². The molecule has 0 radical (unpaired) electrons. The van der Waals surface area contributed by atoms with Crippen LogP contribution < -0.4 is 11.1 Å². The lowest BCUT2D eigenvalue weighted by atomic mass is 10.1. The first kappa shape index (κ1) is 15.3. The number of halogens is 3. The van der Waals surface area contributed by atoms with E-state index in [4.69, 9.17) is 18.0 Å². The molecule has 0 aliphatic carbocycles. The number of thiocarbonyl (C=S) groups is 1. The topological polar surface area (TPSA) is 38.0 Å². The van der Waals surface area contributed by atoms with Gasteiger partial charge in [-0.3, -0.25) is 0 Å². The summed E-state index contributed by atoms with van der Waals surface area (Å²) in [5.74, 6) is 0. The van der Waals surface area contributed by atoms with Crippen molar-refractivity contribution in [2.45, 2.75) is 13.1 Å². The summed E-state index contributed by atoms with van der Waals surface area (Å²) in [7, 11) is 0. The van der Waals surface area contributed by atoms with Crippen LogP contribution in [0.25, 0.3) is 0 Å². The smallest absolute Gasteiger partial charge is 0.389 e. The zero-order valence-electron chi connectivity index (χ0n) is 11.2. The van der Waals surface area contributed by atoms with Crippen molar-refractivity contribution in [1.82, 2.24) is 0 Å². The number of rotatable bonds is 3. The van der Waals surface area contributed by atoms with E-state index in [1.54, 1.807) is 12.1 Å². The standard InChI is InChI=1S/C15H13F3N2S/c1-9-8-12(6-7-13(9)14(19)21)20-11-4-2-10(3-5-11)15(16,17)18/h2-8,20H,1H3,(H2,19,21). The number of aryl methyl sites for hydroxylation is 1. The SMILES string of the molecule is Cc1cc(Nc2ccc(C(F)(F)F)cc2)ccc1C(N)=S. The molecule has 0 aliphatic heterocycles. The third-order valence-electron chi connectivity index (χ3n) is 2.99. The maximum atomic E-state index is 12.5. The lowest BCUT2D eigenvalue weighted by molar-refractivity contribution is -0.137. The van der Waals surface area contributed by atoms with Crippen LogP contribution in [-0.4, -0.2) is 4.99 Å². The van der Waals surface area contributed by atoms with Crippen molar-refractivity contribution in [2.24, 2.45) is 5.73 Å². The first-order chi connectivity index (χ1) is 9.77. The molecular formula is C15H13F3N2S. The van der Waals surface area contributed by atoms with Gasteiger partial charge in [0.2, 0.25) is 0 Å². The predicted octanol–water partition coefficient (Wildman–Crippen LogP) is 4.39. The maximum Gasteiger partial charge on any atom is 0.416 e. The van der Waals surface area contributed by atoms with E-state index < -0.39 is 11.7 Å². The van der Waals surface area contributed by atoms with Crippen molar-refractivity contribution in [1.29, 1.82) is 0 Å². The van der Waals surface area contributed by atoms with Crippen LogP contribution in [-0.2, 0) is 6.18 Å². The van der Waals surface area contributed by atoms with E-state index in [0.29, 0.717) is 10.7 Å². The van der Waals surface area contributed by atoms with Gasteiger partial charge in [-0.2, -0.15) is 13.2 Å². The van der Waals surface area contributed by atoms with Gasteiger partial charge in [-0.25, -0.2) is 0 Å². The minimum Gasteiger partial charge on any atom is -0.389 e. The van der Waals surface area contributed by atoms with Gasteiger partial charge in [-0.05, 0) is 55.0 Å². The highest BCUT2D eigenvalue weighted by Crippen LogP contribution is 2.30. The first-order valence-electron chi connectivity index (χ1n) is 6.12. The molecule has 0 aromatic heterocycles. The summed E-state index contributed by atoms with van der Waals surface area (Å²) in [6.07, 6.45) is -4.33. The molecule has 6 heteroatoms.